The maximum absolute atomic E-state index is 5.18. The van der Waals surface area contributed by atoms with Crippen molar-refractivity contribution < 1.29 is 0 Å². The van der Waals surface area contributed by atoms with E-state index in [1.54, 1.807) is 0 Å². The summed E-state index contributed by atoms with van der Waals surface area (Å²) in [5.41, 5.74) is 13.9. The van der Waals surface area contributed by atoms with Crippen molar-refractivity contribution in [3.63, 3.8) is 0 Å². The van der Waals surface area contributed by atoms with Crippen molar-refractivity contribution >= 4 is 11.4 Å². The first kappa shape index (κ1) is 34.4. The van der Waals surface area contributed by atoms with Gasteiger partial charge < -0.3 is 9.97 Å². The molecule has 0 spiro atoms. The second kappa shape index (κ2) is 15.2. The summed E-state index contributed by atoms with van der Waals surface area (Å²) >= 11 is 0. The Hall–Kier alpha value is -7.06. The zero-order valence-electron chi connectivity index (χ0n) is 31.3. The SMILES string of the molecule is C1=C(c2ccccn2)N=C(c2ccccc2C2CC(c3ccccc3-c3ncc(-c4ccccn4)[nH]3)CC(c3ccccc3-c3ncc(-c4ccccn4)[nH]3)C2)C1. The quantitative estimate of drug-likeness (QED) is 0.153. The van der Waals surface area contributed by atoms with Gasteiger partial charge in [-0.1, -0.05) is 97.1 Å². The number of imidazole rings is 2. The Bertz CT molecular complexity index is 2580. The average Bonchev–Trinajstić information content (AvgIpc) is 4.10. The lowest BCUT2D eigenvalue weighted by Crippen LogP contribution is -2.22. The van der Waals surface area contributed by atoms with Crippen molar-refractivity contribution in [1.82, 2.24) is 34.9 Å². The Morgan fingerprint density at radius 1 is 0.421 bits per heavy atom. The van der Waals surface area contributed by atoms with Gasteiger partial charge in [0, 0.05) is 36.1 Å². The molecule has 0 saturated heterocycles. The third-order valence-corrected chi connectivity index (χ3v) is 11.4. The molecule has 2 atom stereocenters. The van der Waals surface area contributed by atoms with Gasteiger partial charge in [0.2, 0.25) is 0 Å². The summed E-state index contributed by atoms with van der Waals surface area (Å²) in [7, 11) is 0. The Morgan fingerprint density at radius 2 is 0.842 bits per heavy atom. The summed E-state index contributed by atoms with van der Waals surface area (Å²) in [5, 5.41) is 0. The minimum Gasteiger partial charge on any atom is -0.337 e. The highest BCUT2D eigenvalue weighted by Crippen LogP contribution is 2.51. The largest absolute Gasteiger partial charge is 0.337 e. The van der Waals surface area contributed by atoms with Crippen LogP contribution in [-0.2, 0) is 0 Å². The van der Waals surface area contributed by atoms with E-state index in [0.717, 1.165) is 88.3 Å². The van der Waals surface area contributed by atoms with Crippen LogP contribution in [0.25, 0.3) is 51.2 Å². The fourth-order valence-electron chi connectivity index (χ4n) is 8.83. The Labute approximate surface area is 331 Å². The molecule has 8 heteroatoms. The van der Waals surface area contributed by atoms with Gasteiger partial charge >= 0.3 is 0 Å². The zero-order chi connectivity index (χ0) is 38.0. The first-order valence-corrected chi connectivity index (χ1v) is 19.6. The summed E-state index contributed by atoms with van der Waals surface area (Å²) in [6.07, 6.45) is 15.2. The number of allylic oxidation sites excluding steroid dienone is 1. The number of H-pyrrole nitrogens is 2. The van der Waals surface area contributed by atoms with Gasteiger partial charge in [-0.3, -0.25) is 19.9 Å². The third kappa shape index (κ3) is 6.91. The molecule has 0 amide bonds. The van der Waals surface area contributed by atoms with Crippen molar-refractivity contribution in [3.8, 4) is 45.6 Å². The van der Waals surface area contributed by atoms with Gasteiger partial charge in [0.15, 0.2) is 0 Å². The lowest BCUT2D eigenvalue weighted by molar-refractivity contribution is 0.352. The van der Waals surface area contributed by atoms with E-state index in [0.29, 0.717) is 0 Å². The van der Waals surface area contributed by atoms with E-state index in [9.17, 15) is 0 Å². The van der Waals surface area contributed by atoms with Crippen LogP contribution >= 0.6 is 0 Å². The molecule has 3 aromatic carbocycles. The molecule has 10 rings (SSSR count). The van der Waals surface area contributed by atoms with Gasteiger partial charge in [0.25, 0.3) is 0 Å². The predicted molar refractivity (Wildman–Crippen MR) is 226 cm³/mol. The van der Waals surface area contributed by atoms with Crippen LogP contribution in [0.2, 0.25) is 0 Å². The number of aliphatic imine (C=N–C) groups is 1. The van der Waals surface area contributed by atoms with Crippen LogP contribution in [0.1, 0.15) is 71.4 Å². The first-order chi connectivity index (χ1) is 28.2. The van der Waals surface area contributed by atoms with Crippen LogP contribution in [-0.4, -0.2) is 40.6 Å². The van der Waals surface area contributed by atoms with Crippen LogP contribution in [0.15, 0.2) is 169 Å². The van der Waals surface area contributed by atoms with Crippen LogP contribution in [0.3, 0.4) is 0 Å². The van der Waals surface area contributed by atoms with Gasteiger partial charge in [-0.05, 0) is 95.7 Å². The van der Waals surface area contributed by atoms with Crippen molar-refractivity contribution in [2.45, 2.75) is 43.4 Å². The van der Waals surface area contributed by atoms with Gasteiger partial charge in [-0.15, -0.1) is 0 Å². The maximum atomic E-state index is 5.18. The van der Waals surface area contributed by atoms with Crippen molar-refractivity contribution in [2.24, 2.45) is 4.99 Å². The normalized spacial score (nSPS) is 17.9. The Balaban J connectivity index is 1.05. The van der Waals surface area contributed by atoms with Crippen LogP contribution < -0.4 is 0 Å². The molecule has 1 fully saturated rings. The highest BCUT2D eigenvalue weighted by molar-refractivity contribution is 6.08. The number of pyridine rings is 3. The molecule has 6 heterocycles. The third-order valence-electron chi connectivity index (χ3n) is 11.4. The van der Waals surface area contributed by atoms with Gasteiger partial charge in [0.1, 0.15) is 11.6 Å². The molecule has 5 aromatic heterocycles. The minimum absolute atomic E-state index is 0.253. The van der Waals surface area contributed by atoms with E-state index < -0.39 is 0 Å². The molecule has 1 saturated carbocycles. The number of aromatic amines is 2. The summed E-state index contributed by atoms with van der Waals surface area (Å²) < 4.78 is 0. The lowest BCUT2D eigenvalue weighted by atomic mass is 9.66. The second-order valence-corrected chi connectivity index (χ2v) is 14.8. The molecule has 8 nitrogen and oxygen atoms in total. The first-order valence-electron chi connectivity index (χ1n) is 19.6. The fraction of sp³-hybridized carbons (Fsp3) is 0.143. The van der Waals surface area contributed by atoms with Gasteiger partial charge in [0.05, 0.1) is 52.3 Å². The highest BCUT2D eigenvalue weighted by Gasteiger charge is 2.35. The number of hydrogen-bond acceptors (Lipinski definition) is 6. The van der Waals surface area contributed by atoms with Crippen molar-refractivity contribution in [1.29, 1.82) is 0 Å². The number of nitrogens with one attached hydrogen (secondary N) is 2. The summed E-state index contributed by atoms with van der Waals surface area (Å²) in [5.74, 6) is 2.49. The van der Waals surface area contributed by atoms with E-state index in [4.69, 9.17) is 15.0 Å². The molecule has 0 bridgehead atoms. The van der Waals surface area contributed by atoms with Crippen LogP contribution in [0, 0.1) is 0 Å². The standard InChI is InChI=1S/C49H40N8/c1-4-16-38(41-22-23-45(55-41)42-19-7-10-24-50-42)35(13-1)32-27-33(36-14-2-5-17-39(36)48-53-30-46(56-48)43-20-8-11-25-51-43)29-34(28-32)37-15-3-6-18-40(37)49-54-31-47(57-49)44-21-9-12-26-52-44/h1-21,23-26,30-34H,22,27-29H2,(H,53,56)(H,54,57). The molecular formula is C49H40N8. The lowest BCUT2D eigenvalue weighted by Gasteiger charge is -2.38. The Morgan fingerprint density at radius 3 is 1.32 bits per heavy atom. The minimum atomic E-state index is 0.253. The average molecular weight is 741 g/mol. The molecule has 276 valence electrons. The number of rotatable bonds is 9. The summed E-state index contributed by atoms with van der Waals surface area (Å²) in [6.45, 7) is 0. The fourth-order valence-corrected chi connectivity index (χ4v) is 8.83. The van der Waals surface area contributed by atoms with Crippen molar-refractivity contribution in [3.05, 3.63) is 192 Å². The monoisotopic (exact) mass is 740 g/mol. The molecule has 57 heavy (non-hydrogen) atoms. The second-order valence-electron chi connectivity index (χ2n) is 14.8. The van der Waals surface area contributed by atoms with E-state index in [1.165, 1.54) is 22.3 Å². The zero-order valence-corrected chi connectivity index (χ0v) is 31.3. The Kier molecular flexibility index (Phi) is 9.20. The summed E-state index contributed by atoms with van der Waals surface area (Å²) in [4.78, 5) is 35.9. The molecular weight excluding hydrogens is 701 g/mol. The maximum Gasteiger partial charge on any atom is 0.138 e. The van der Waals surface area contributed by atoms with E-state index in [1.807, 2.05) is 85.6 Å². The van der Waals surface area contributed by atoms with Gasteiger partial charge in [-0.2, -0.15) is 0 Å². The molecule has 1 aliphatic heterocycles. The van der Waals surface area contributed by atoms with E-state index in [2.05, 4.69) is 104 Å². The van der Waals surface area contributed by atoms with E-state index >= 15 is 0 Å². The molecule has 0 radical (unpaired) electrons. The molecule has 2 aliphatic rings. The number of aromatic nitrogens is 7. The van der Waals surface area contributed by atoms with Crippen molar-refractivity contribution in [2.75, 3.05) is 0 Å². The summed E-state index contributed by atoms with van der Waals surface area (Å²) in [6, 6.07) is 44.4. The molecule has 8 aromatic rings. The van der Waals surface area contributed by atoms with Gasteiger partial charge in [-0.25, -0.2) is 9.97 Å². The highest BCUT2D eigenvalue weighted by atomic mass is 14.9. The topological polar surface area (TPSA) is 108 Å². The predicted octanol–water partition coefficient (Wildman–Crippen LogP) is 11.1. The van der Waals surface area contributed by atoms with E-state index in [-0.39, 0.29) is 17.8 Å². The molecule has 1 aliphatic carbocycles. The number of hydrogen-bond donors (Lipinski definition) is 2. The molecule has 2 N–H and O–H groups in total. The smallest absolute Gasteiger partial charge is 0.138 e. The number of nitrogens with zero attached hydrogens (tertiary/aromatic N) is 6. The van der Waals surface area contributed by atoms with Crippen LogP contribution in [0.4, 0.5) is 0 Å². The number of benzene rings is 3. The molecule has 2 unspecified atom stereocenters. The van der Waals surface area contributed by atoms with Crippen LogP contribution in [0.5, 0.6) is 0 Å².